The quantitative estimate of drug-likeness (QED) is 0.646. The van der Waals surface area contributed by atoms with Crippen molar-refractivity contribution in [1.29, 1.82) is 0 Å². The van der Waals surface area contributed by atoms with E-state index < -0.39 is 5.51 Å². The van der Waals surface area contributed by atoms with E-state index in [1.807, 2.05) is 0 Å². The van der Waals surface area contributed by atoms with Crippen LogP contribution in [0.1, 0.15) is 31.2 Å². The standard InChI is InChI=1S/C16H18F3NO2S/c17-16(18,19)23-14-8-1-11(2-9-14)3-10-15(22)20-12-4-6-13(21)7-5-12/h1-3,8-10,12-13,21H,4-7H2,(H,20,22)/b10-3+. The van der Waals surface area contributed by atoms with Gasteiger partial charge in [-0.15, -0.1) is 0 Å². The Balaban J connectivity index is 1.83. The highest BCUT2D eigenvalue weighted by molar-refractivity contribution is 8.00. The van der Waals surface area contributed by atoms with Crippen LogP contribution in [0.4, 0.5) is 13.2 Å². The number of carbonyl (C=O) groups excluding carboxylic acids is 1. The SMILES string of the molecule is O=C(/C=C/c1ccc(SC(F)(F)F)cc1)NC1CCC(O)CC1. The van der Waals surface area contributed by atoms with Gasteiger partial charge in [0.15, 0.2) is 0 Å². The van der Waals surface area contributed by atoms with Gasteiger partial charge < -0.3 is 10.4 Å². The van der Waals surface area contributed by atoms with Crippen LogP contribution in [-0.2, 0) is 4.79 Å². The van der Waals surface area contributed by atoms with E-state index in [1.54, 1.807) is 6.08 Å². The monoisotopic (exact) mass is 345 g/mol. The van der Waals surface area contributed by atoms with Crippen molar-refractivity contribution in [3.05, 3.63) is 35.9 Å². The number of rotatable bonds is 4. The van der Waals surface area contributed by atoms with Crippen molar-refractivity contribution < 1.29 is 23.1 Å². The third-order valence-corrected chi connectivity index (χ3v) is 4.32. The highest BCUT2D eigenvalue weighted by Gasteiger charge is 2.28. The van der Waals surface area contributed by atoms with Gasteiger partial charge in [0.05, 0.1) is 6.10 Å². The molecular weight excluding hydrogens is 327 g/mol. The summed E-state index contributed by atoms with van der Waals surface area (Å²) in [4.78, 5) is 11.9. The lowest BCUT2D eigenvalue weighted by molar-refractivity contribution is -0.117. The first-order valence-corrected chi connectivity index (χ1v) is 8.16. The number of nitrogens with one attached hydrogen (secondary N) is 1. The molecule has 1 saturated carbocycles. The van der Waals surface area contributed by atoms with Crippen LogP contribution < -0.4 is 5.32 Å². The molecule has 0 aliphatic heterocycles. The highest BCUT2D eigenvalue weighted by Crippen LogP contribution is 2.36. The van der Waals surface area contributed by atoms with Gasteiger partial charge in [-0.2, -0.15) is 13.2 Å². The molecule has 1 aromatic rings. The summed E-state index contributed by atoms with van der Waals surface area (Å²) in [7, 11) is 0. The van der Waals surface area contributed by atoms with E-state index in [4.69, 9.17) is 0 Å². The van der Waals surface area contributed by atoms with Crippen LogP contribution in [0.5, 0.6) is 0 Å². The minimum Gasteiger partial charge on any atom is -0.393 e. The lowest BCUT2D eigenvalue weighted by Gasteiger charge is -2.25. The summed E-state index contributed by atoms with van der Waals surface area (Å²) in [5.74, 6) is -0.236. The maximum Gasteiger partial charge on any atom is 0.446 e. The van der Waals surface area contributed by atoms with Crippen LogP contribution in [-0.4, -0.2) is 28.7 Å². The predicted octanol–water partition coefficient (Wildman–Crippen LogP) is 3.73. The molecule has 0 saturated heterocycles. The van der Waals surface area contributed by atoms with E-state index >= 15 is 0 Å². The largest absolute Gasteiger partial charge is 0.446 e. The van der Waals surface area contributed by atoms with E-state index in [0.717, 1.165) is 12.8 Å². The molecule has 0 radical (unpaired) electrons. The zero-order valence-corrected chi connectivity index (χ0v) is 13.2. The fourth-order valence-electron chi connectivity index (χ4n) is 2.42. The van der Waals surface area contributed by atoms with Crippen molar-refractivity contribution in [2.24, 2.45) is 0 Å². The molecule has 0 heterocycles. The zero-order valence-electron chi connectivity index (χ0n) is 12.3. The molecule has 1 aliphatic carbocycles. The molecule has 1 aliphatic rings. The summed E-state index contributed by atoms with van der Waals surface area (Å²) in [6, 6.07) is 5.89. The summed E-state index contributed by atoms with van der Waals surface area (Å²) < 4.78 is 36.7. The number of benzene rings is 1. The molecular formula is C16H18F3NO2S. The molecule has 1 amide bonds. The van der Waals surface area contributed by atoms with Gasteiger partial charge in [-0.05, 0) is 61.2 Å². The summed E-state index contributed by atoms with van der Waals surface area (Å²) in [6.07, 6.45) is 5.55. The minimum atomic E-state index is -4.30. The summed E-state index contributed by atoms with van der Waals surface area (Å²) in [5.41, 5.74) is -3.64. The molecule has 2 rings (SSSR count). The lowest BCUT2D eigenvalue weighted by atomic mass is 9.93. The number of aliphatic hydroxyl groups excluding tert-OH is 1. The van der Waals surface area contributed by atoms with Crippen LogP contribution in [0.15, 0.2) is 35.2 Å². The molecule has 23 heavy (non-hydrogen) atoms. The van der Waals surface area contributed by atoms with E-state index in [1.165, 1.54) is 30.3 Å². The third kappa shape index (κ3) is 6.66. The molecule has 7 heteroatoms. The van der Waals surface area contributed by atoms with Crippen molar-refractivity contribution in [2.45, 2.75) is 48.2 Å². The number of carbonyl (C=O) groups is 1. The Labute approximate surface area is 137 Å². The van der Waals surface area contributed by atoms with Gasteiger partial charge in [0.25, 0.3) is 0 Å². The van der Waals surface area contributed by atoms with E-state index in [9.17, 15) is 23.1 Å². The number of amides is 1. The Bertz CT molecular complexity index is 549. The lowest BCUT2D eigenvalue weighted by Crippen LogP contribution is -2.37. The molecule has 126 valence electrons. The van der Waals surface area contributed by atoms with Gasteiger partial charge in [0.1, 0.15) is 0 Å². The third-order valence-electron chi connectivity index (χ3n) is 3.58. The van der Waals surface area contributed by atoms with Crippen molar-refractivity contribution in [1.82, 2.24) is 5.32 Å². The van der Waals surface area contributed by atoms with Crippen LogP contribution in [0.25, 0.3) is 6.08 Å². The van der Waals surface area contributed by atoms with Crippen LogP contribution in [0.3, 0.4) is 0 Å². The molecule has 3 nitrogen and oxygen atoms in total. The maximum absolute atomic E-state index is 12.2. The van der Waals surface area contributed by atoms with E-state index in [-0.39, 0.29) is 34.7 Å². The number of thioether (sulfide) groups is 1. The van der Waals surface area contributed by atoms with Crippen molar-refractivity contribution in [3.8, 4) is 0 Å². The molecule has 0 aromatic heterocycles. The number of hydrogen-bond donors (Lipinski definition) is 2. The zero-order chi connectivity index (χ0) is 16.9. The second-order valence-corrected chi connectivity index (χ2v) is 6.60. The molecule has 0 bridgehead atoms. The predicted molar refractivity (Wildman–Crippen MR) is 83.8 cm³/mol. The smallest absolute Gasteiger partial charge is 0.393 e. The Kier molecular flexibility index (Phi) is 6.12. The molecule has 1 fully saturated rings. The average Bonchev–Trinajstić information content (AvgIpc) is 2.47. The Morgan fingerprint density at radius 2 is 1.78 bits per heavy atom. The van der Waals surface area contributed by atoms with Gasteiger partial charge in [-0.1, -0.05) is 12.1 Å². The van der Waals surface area contributed by atoms with Crippen LogP contribution in [0, 0.1) is 0 Å². The van der Waals surface area contributed by atoms with Crippen molar-refractivity contribution in [2.75, 3.05) is 0 Å². The fraction of sp³-hybridized carbons (Fsp3) is 0.438. The van der Waals surface area contributed by atoms with Gasteiger partial charge in [-0.25, -0.2) is 0 Å². The Morgan fingerprint density at radius 3 is 2.35 bits per heavy atom. The first-order valence-electron chi connectivity index (χ1n) is 7.34. The maximum atomic E-state index is 12.2. The first-order chi connectivity index (χ1) is 10.8. The second-order valence-electron chi connectivity index (χ2n) is 5.46. The number of halogens is 3. The summed E-state index contributed by atoms with van der Waals surface area (Å²) in [6.45, 7) is 0. The Hall–Kier alpha value is -1.47. The van der Waals surface area contributed by atoms with E-state index in [2.05, 4.69) is 5.32 Å². The minimum absolute atomic E-state index is 0.0705. The average molecular weight is 345 g/mol. The van der Waals surface area contributed by atoms with Crippen molar-refractivity contribution in [3.63, 3.8) is 0 Å². The Morgan fingerprint density at radius 1 is 1.17 bits per heavy atom. The summed E-state index contributed by atoms with van der Waals surface area (Å²) >= 11 is -0.167. The van der Waals surface area contributed by atoms with Crippen molar-refractivity contribution >= 4 is 23.7 Å². The fourth-order valence-corrected chi connectivity index (χ4v) is 2.96. The highest BCUT2D eigenvalue weighted by atomic mass is 32.2. The van der Waals surface area contributed by atoms with Gasteiger partial charge in [0, 0.05) is 17.0 Å². The molecule has 0 atom stereocenters. The number of alkyl halides is 3. The second kappa shape index (κ2) is 7.88. The van der Waals surface area contributed by atoms with Gasteiger partial charge in [-0.3, -0.25) is 4.79 Å². The van der Waals surface area contributed by atoms with Crippen LogP contribution >= 0.6 is 11.8 Å². The topological polar surface area (TPSA) is 49.3 Å². The number of hydrogen-bond acceptors (Lipinski definition) is 3. The van der Waals surface area contributed by atoms with Gasteiger partial charge in [0.2, 0.25) is 5.91 Å². The first kappa shape index (κ1) is 17.9. The van der Waals surface area contributed by atoms with Crippen LogP contribution in [0.2, 0.25) is 0 Å². The molecule has 0 spiro atoms. The molecule has 1 aromatic carbocycles. The number of aliphatic hydroxyl groups is 1. The van der Waals surface area contributed by atoms with E-state index in [0.29, 0.717) is 18.4 Å². The molecule has 0 unspecified atom stereocenters. The van der Waals surface area contributed by atoms with Gasteiger partial charge >= 0.3 is 5.51 Å². The molecule has 2 N–H and O–H groups in total. The summed E-state index contributed by atoms with van der Waals surface area (Å²) in [5, 5.41) is 12.3. The normalized spacial score (nSPS) is 22.3.